The Balaban J connectivity index is 1.26. The number of benzene rings is 3. The molecule has 1 fully saturated rings. The number of hydrogen-bond acceptors (Lipinski definition) is 5. The maximum absolute atomic E-state index is 14.0. The third kappa shape index (κ3) is 3.95. The van der Waals surface area contributed by atoms with Crippen molar-refractivity contribution < 1.29 is 23.9 Å². The Morgan fingerprint density at radius 3 is 1.69 bits per heavy atom. The lowest BCUT2D eigenvalue weighted by Gasteiger charge is -2.45. The molecule has 7 nitrogen and oxygen atoms in total. The number of likely N-dealkylation sites (tertiary alicyclic amines) is 1. The van der Waals surface area contributed by atoms with Gasteiger partial charge >= 0.3 is 5.97 Å². The summed E-state index contributed by atoms with van der Waals surface area (Å²) in [5.41, 5.74) is 5.93. The van der Waals surface area contributed by atoms with Gasteiger partial charge in [0.05, 0.1) is 11.8 Å². The minimum Gasteiger partial charge on any atom is -0.454 e. The molecule has 1 heterocycles. The molecule has 7 heteroatoms. The fourth-order valence-electron chi connectivity index (χ4n) is 6.71. The van der Waals surface area contributed by atoms with Gasteiger partial charge < -0.3 is 10.1 Å². The number of ether oxygens (including phenoxy) is 1. The highest BCUT2D eigenvalue weighted by Crippen LogP contribution is 2.61. The van der Waals surface area contributed by atoms with E-state index in [1.54, 1.807) is 26.0 Å². The molecular formula is C32H30N2O5. The fraction of sp³-hybridized carbons (Fsp3) is 0.312. The number of amides is 3. The Morgan fingerprint density at radius 2 is 1.26 bits per heavy atom. The first-order valence-electron chi connectivity index (χ1n) is 13.4. The second-order valence-electron chi connectivity index (χ2n) is 11.0. The van der Waals surface area contributed by atoms with Crippen LogP contribution in [0.15, 0.2) is 72.8 Å². The number of carbonyl (C=O) groups is 4. The Bertz CT molecular complexity index is 1380. The van der Waals surface area contributed by atoms with E-state index in [0.29, 0.717) is 5.69 Å². The molecule has 2 bridgehead atoms. The summed E-state index contributed by atoms with van der Waals surface area (Å²) in [7, 11) is 0. The quantitative estimate of drug-likeness (QED) is 0.383. The summed E-state index contributed by atoms with van der Waals surface area (Å²) < 4.78 is 5.38. The standard InChI is InChI=1S/C32H30N2O5/c1-17(2)29(32(38)39-16-24(35)33-19-14-12-18(3)13-15-19)34-30(36)27-25-20-8-4-5-9-21(20)26(28(27)31(34)37)23-11-7-6-10-22(23)25/h4-15,17,25-29H,16H2,1-3H3,(H,33,35)/t25?,26?,27-,28+,29-/m1/s1. The Labute approximate surface area is 227 Å². The topological polar surface area (TPSA) is 92.8 Å². The molecule has 3 atom stereocenters. The van der Waals surface area contributed by atoms with Gasteiger partial charge in [0.25, 0.3) is 5.91 Å². The number of carbonyl (C=O) groups excluding carboxylic acids is 4. The molecule has 0 spiro atoms. The zero-order valence-electron chi connectivity index (χ0n) is 22.1. The first-order valence-corrected chi connectivity index (χ1v) is 13.4. The largest absolute Gasteiger partial charge is 0.454 e. The van der Waals surface area contributed by atoms with Crippen LogP contribution < -0.4 is 5.32 Å². The Hall–Kier alpha value is -4.26. The number of rotatable bonds is 6. The number of nitrogens with one attached hydrogen (secondary N) is 1. The van der Waals surface area contributed by atoms with Gasteiger partial charge in [0, 0.05) is 17.5 Å². The summed E-state index contributed by atoms with van der Waals surface area (Å²) >= 11 is 0. The summed E-state index contributed by atoms with van der Waals surface area (Å²) in [5.74, 6) is -3.99. The first-order chi connectivity index (χ1) is 18.8. The molecule has 0 saturated carbocycles. The van der Waals surface area contributed by atoms with Crippen molar-refractivity contribution in [3.63, 3.8) is 0 Å². The molecule has 0 unspecified atom stereocenters. The Morgan fingerprint density at radius 1 is 0.795 bits per heavy atom. The predicted molar refractivity (Wildman–Crippen MR) is 145 cm³/mol. The summed E-state index contributed by atoms with van der Waals surface area (Å²) in [6, 6.07) is 22.2. The molecule has 3 aliphatic carbocycles. The van der Waals surface area contributed by atoms with E-state index in [2.05, 4.69) is 5.32 Å². The van der Waals surface area contributed by atoms with Gasteiger partial charge in [-0.25, -0.2) is 4.79 Å². The van der Waals surface area contributed by atoms with E-state index in [1.807, 2.05) is 67.6 Å². The van der Waals surface area contributed by atoms with Gasteiger partial charge in [-0.15, -0.1) is 0 Å². The zero-order valence-corrected chi connectivity index (χ0v) is 22.1. The monoisotopic (exact) mass is 522 g/mol. The average molecular weight is 523 g/mol. The number of hydrogen-bond donors (Lipinski definition) is 1. The number of aryl methyl sites for hydroxylation is 1. The molecule has 4 aliphatic rings. The van der Waals surface area contributed by atoms with Gasteiger partial charge in [0.15, 0.2) is 6.61 Å². The number of esters is 1. The van der Waals surface area contributed by atoms with Crippen LogP contribution >= 0.6 is 0 Å². The van der Waals surface area contributed by atoms with Crippen molar-refractivity contribution in [3.8, 4) is 0 Å². The summed E-state index contributed by atoms with van der Waals surface area (Å²) in [6.45, 7) is 4.98. The summed E-state index contributed by atoms with van der Waals surface area (Å²) in [6.07, 6.45) is 0. The van der Waals surface area contributed by atoms with E-state index in [0.717, 1.165) is 32.7 Å². The van der Waals surface area contributed by atoms with Gasteiger partial charge in [-0.3, -0.25) is 19.3 Å². The zero-order chi connectivity index (χ0) is 27.4. The van der Waals surface area contributed by atoms with Crippen molar-refractivity contribution in [1.29, 1.82) is 0 Å². The molecule has 3 aromatic carbocycles. The van der Waals surface area contributed by atoms with Gasteiger partial charge in [-0.05, 0) is 47.2 Å². The van der Waals surface area contributed by atoms with Gasteiger partial charge in [-0.1, -0.05) is 80.1 Å². The van der Waals surface area contributed by atoms with Crippen LogP contribution in [0, 0.1) is 24.7 Å². The van der Waals surface area contributed by atoms with Crippen LogP contribution in [-0.2, 0) is 23.9 Å². The van der Waals surface area contributed by atoms with Crippen LogP contribution in [0.3, 0.4) is 0 Å². The predicted octanol–water partition coefficient (Wildman–Crippen LogP) is 4.39. The van der Waals surface area contributed by atoms with Crippen LogP contribution in [-0.4, -0.2) is 41.2 Å². The third-order valence-electron chi connectivity index (χ3n) is 8.31. The highest BCUT2D eigenvalue weighted by molar-refractivity contribution is 6.10. The number of nitrogens with zero attached hydrogens (tertiary/aromatic N) is 1. The highest BCUT2D eigenvalue weighted by atomic mass is 16.5. The maximum atomic E-state index is 14.0. The van der Waals surface area contributed by atoms with Crippen molar-refractivity contribution in [3.05, 3.63) is 101 Å². The van der Waals surface area contributed by atoms with E-state index in [-0.39, 0.29) is 23.7 Å². The average Bonchev–Trinajstić information content (AvgIpc) is 3.19. The van der Waals surface area contributed by atoms with E-state index >= 15 is 0 Å². The van der Waals surface area contributed by atoms with Crippen LogP contribution in [0.2, 0.25) is 0 Å². The van der Waals surface area contributed by atoms with E-state index in [1.165, 1.54) is 0 Å². The molecule has 3 aromatic rings. The molecular weight excluding hydrogens is 492 g/mol. The molecule has 0 radical (unpaired) electrons. The normalized spacial score (nSPS) is 23.2. The second kappa shape index (κ2) is 9.49. The van der Waals surface area contributed by atoms with Crippen LogP contribution in [0.25, 0.3) is 0 Å². The van der Waals surface area contributed by atoms with Crippen molar-refractivity contribution in [2.24, 2.45) is 17.8 Å². The van der Waals surface area contributed by atoms with Crippen molar-refractivity contribution in [1.82, 2.24) is 4.90 Å². The minimum atomic E-state index is -1.12. The number of anilines is 1. The van der Waals surface area contributed by atoms with Gasteiger partial charge in [0.2, 0.25) is 11.8 Å². The minimum absolute atomic E-state index is 0.252. The van der Waals surface area contributed by atoms with Crippen LogP contribution in [0.1, 0.15) is 53.5 Å². The van der Waals surface area contributed by atoms with E-state index in [9.17, 15) is 19.2 Å². The van der Waals surface area contributed by atoms with Crippen LogP contribution in [0.4, 0.5) is 5.69 Å². The van der Waals surface area contributed by atoms with E-state index < -0.39 is 42.3 Å². The third-order valence-corrected chi connectivity index (χ3v) is 8.31. The molecule has 1 saturated heterocycles. The van der Waals surface area contributed by atoms with Crippen LogP contribution in [0.5, 0.6) is 0 Å². The SMILES string of the molecule is Cc1ccc(NC(=O)COC(=O)[C@@H](C(C)C)N2C(=O)[C@@H]3C4c5ccccc5C(c5ccccc54)[C@@H]3C2=O)cc1. The van der Waals surface area contributed by atoms with Crippen molar-refractivity contribution in [2.45, 2.75) is 38.6 Å². The summed E-state index contributed by atoms with van der Waals surface area (Å²) in [5, 5.41) is 2.70. The second-order valence-corrected chi connectivity index (χ2v) is 11.0. The molecule has 3 amide bonds. The first kappa shape index (κ1) is 25.0. The molecule has 7 rings (SSSR count). The van der Waals surface area contributed by atoms with Crippen molar-refractivity contribution in [2.75, 3.05) is 11.9 Å². The van der Waals surface area contributed by atoms with Gasteiger partial charge in [0.1, 0.15) is 6.04 Å². The fourth-order valence-corrected chi connectivity index (χ4v) is 6.71. The molecule has 1 aliphatic heterocycles. The number of imide groups is 1. The van der Waals surface area contributed by atoms with E-state index in [4.69, 9.17) is 4.74 Å². The van der Waals surface area contributed by atoms with Gasteiger partial charge in [-0.2, -0.15) is 0 Å². The lowest BCUT2D eigenvalue weighted by atomic mass is 9.55. The Kier molecular flexibility index (Phi) is 6.09. The lowest BCUT2D eigenvalue weighted by molar-refractivity contribution is -0.162. The highest BCUT2D eigenvalue weighted by Gasteiger charge is 2.63. The lowest BCUT2D eigenvalue weighted by Crippen LogP contribution is -2.49. The molecule has 0 aromatic heterocycles. The summed E-state index contributed by atoms with van der Waals surface area (Å²) in [4.78, 5) is 55.0. The molecule has 1 N–H and O–H groups in total. The smallest absolute Gasteiger partial charge is 0.330 e. The van der Waals surface area contributed by atoms with Crippen molar-refractivity contribution >= 4 is 29.4 Å². The molecule has 39 heavy (non-hydrogen) atoms. The molecule has 198 valence electrons. The maximum Gasteiger partial charge on any atom is 0.330 e.